The summed E-state index contributed by atoms with van der Waals surface area (Å²) >= 11 is 0. The molecule has 0 unspecified atom stereocenters. The largest absolute Gasteiger partial charge is 0.493 e. The molecule has 1 fully saturated rings. The van der Waals surface area contributed by atoms with E-state index in [4.69, 9.17) is 9.47 Å². The molecule has 1 heterocycles. The Morgan fingerprint density at radius 2 is 1.65 bits per heavy atom. The van der Waals surface area contributed by atoms with Crippen LogP contribution in [-0.2, 0) is 6.54 Å². The minimum absolute atomic E-state index is 0.0853. The maximum Gasteiger partial charge on any atom is 0.253 e. The first-order valence-electron chi connectivity index (χ1n) is 10.9. The molecule has 2 aromatic rings. The first-order chi connectivity index (χ1) is 15.0. The summed E-state index contributed by atoms with van der Waals surface area (Å²) in [4.78, 5) is 27.1. The predicted molar refractivity (Wildman–Crippen MR) is 121 cm³/mol. The zero-order chi connectivity index (χ0) is 22.2. The SMILES string of the molecule is COc1cc(C(=O)NCc2ccc(C(=O)N3CCCCC3)cc2)ccc1OCC(C)C. The van der Waals surface area contributed by atoms with Crippen molar-refractivity contribution in [2.75, 3.05) is 26.8 Å². The number of likely N-dealkylation sites (tertiary alicyclic amines) is 1. The molecule has 1 aliphatic rings. The van der Waals surface area contributed by atoms with Gasteiger partial charge in [0.1, 0.15) is 0 Å². The average Bonchev–Trinajstić information content (AvgIpc) is 2.81. The molecule has 0 atom stereocenters. The fraction of sp³-hybridized carbons (Fsp3) is 0.440. The summed E-state index contributed by atoms with van der Waals surface area (Å²) in [6.45, 7) is 6.78. The Morgan fingerprint density at radius 3 is 2.29 bits per heavy atom. The molecular weight excluding hydrogens is 392 g/mol. The van der Waals surface area contributed by atoms with Crippen molar-refractivity contribution in [3.63, 3.8) is 0 Å². The zero-order valence-electron chi connectivity index (χ0n) is 18.6. The third-order valence-electron chi connectivity index (χ3n) is 5.30. The first kappa shape index (κ1) is 22.7. The second-order valence-electron chi connectivity index (χ2n) is 8.30. The van der Waals surface area contributed by atoms with Gasteiger partial charge in [0.25, 0.3) is 11.8 Å². The quantitative estimate of drug-likeness (QED) is 0.687. The minimum atomic E-state index is -0.192. The van der Waals surface area contributed by atoms with Crippen molar-refractivity contribution in [3.05, 3.63) is 59.2 Å². The van der Waals surface area contributed by atoms with Gasteiger partial charge in [0.15, 0.2) is 11.5 Å². The van der Waals surface area contributed by atoms with Crippen LogP contribution in [0.25, 0.3) is 0 Å². The van der Waals surface area contributed by atoms with E-state index in [1.54, 1.807) is 25.3 Å². The molecule has 0 bridgehead atoms. The smallest absolute Gasteiger partial charge is 0.253 e. The third-order valence-corrected chi connectivity index (χ3v) is 5.30. The van der Waals surface area contributed by atoms with Gasteiger partial charge in [-0.1, -0.05) is 26.0 Å². The summed E-state index contributed by atoms with van der Waals surface area (Å²) in [5, 5.41) is 2.92. The van der Waals surface area contributed by atoms with Crippen LogP contribution in [0.5, 0.6) is 11.5 Å². The number of benzene rings is 2. The number of amides is 2. The van der Waals surface area contributed by atoms with E-state index in [1.165, 1.54) is 6.42 Å². The van der Waals surface area contributed by atoms with Crippen LogP contribution >= 0.6 is 0 Å². The summed E-state index contributed by atoms with van der Waals surface area (Å²) < 4.78 is 11.1. The average molecular weight is 425 g/mol. The van der Waals surface area contributed by atoms with Gasteiger partial charge in [-0.25, -0.2) is 0 Å². The van der Waals surface area contributed by atoms with Crippen molar-refractivity contribution in [1.82, 2.24) is 10.2 Å². The van der Waals surface area contributed by atoms with Crippen molar-refractivity contribution in [3.8, 4) is 11.5 Å². The van der Waals surface area contributed by atoms with E-state index in [2.05, 4.69) is 19.2 Å². The Balaban J connectivity index is 1.57. The van der Waals surface area contributed by atoms with Gasteiger partial charge in [0.05, 0.1) is 13.7 Å². The standard InChI is InChI=1S/C25H32N2O4/c1-18(2)17-31-22-12-11-21(15-23(22)30-3)24(28)26-16-19-7-9-20(10-8-19)25(29)27-13-5-4-6-14-27/h7-12,15,18H,4-6,13-14,16-17H2,1-3H3,(H,26,28). The predicted octanol–water partition coefficient (Wildman–Crippen LogP) is 4.29. The normalized spacial score (nSPS) is 13.7. The minimum Gasteiger partial charge on any atom is -0.493 e. The number of methoxy groups -OCH3 is 1. The second kappa shape index (κ2) is 10.8. The van der Waals surface area contributed by atoms with Crippen LogP contribution in [0.1, 0.15) is 59.4 Å². The zero-order valence-corrected chi connectivity index (χ0v) is 18.6. The Labute approximate surface area is 184 Å². The molecule has 1 N–H and O–H groups in total. The molecule has 6 nitrogen and oxygen atoms in total. The van der Waals surface area contributed by atoms with Crippen molar-refractivity contribution in [2.24, 2.45) is 5.92 Å². The number of carbonyl (C=O) groups is 2. The fourth-order valence-electron chi connectivity index (χ4n) is 3.51. The topological polar surface area (TPSA) is 67.9 Å². The van der Waals surface area contributed by atoms with Crippen molar-refractivity contribution in [2.45, 2.75) is 39.7 Å². The van der Waals surface area contributed by atoms with E-state index >= 15 is 0 Å². The van der Waals surface area contributed by atoms with Crippen LogP contribution in [0, 0.1) is 5.92 Å². The number of rotatable bonds is 8. The third kappa shape index (κ3) is 6.23. The van der Waals surface area contributed by atoms with Gasteiger partial charge < -0.3 is 19.7 Å². The highest BCUT2D eigenvalue weighted by molar-refractivity contribution is 5.95. The number of nitrogens with zero attached hydrogens (tertiary/aromatic N) is 1. The maximum atomic E-state index is 12.6. The van der Waals surface area contributed by atoms with Crippen LogP contribution in [-0.4, -0.2) is 43.5 Å². The monoisotopic (exact) mass is 424 g/mol. The van der Waals surface area contributed by atoms with E-state index < -0.39 is 0 Å². The van der Waals surface area contributed by atoms with Crippen LogP contribution in [0.15, 0.2) is 42.5 Å². The maximum absolute atomic E-state index is 12.6. The molecule has 0 aromatic heterocycles. The highest BCUT2D eigenvalue weighted by atomic mass is 16.5. The van der Waals surface area contributed by atoms with E-state index in [9.17, 15) is 9.59 Å². The number of hydrogen-bond acceptors (Lipinski definition) is 4. The lowest BCUT2D eigenvalue weighted by Gasteiger charge is -2.26. The van der Waals surface area contributed by atoms with Gasteiger partial charge in [-0.2, -0.15) is 0 Å². The van der Waals surface area contributed by atoms with Gasteiger partial charge in [-0.05, 0) is 61.1 Å². The van der Waals surface area contributed by atoms with Gasteiger partial charge in [-0.3, -0.25) is 9.59 Å². The molecule has 6 heteroatoms. The van der Waals surface area contributed by atoms with Crippen LogP contribution in [0.3, 0.4) is 0 Å². The first-order valence-corrected chi connectivity index (χ1v) is 10.9. The Kier molecular flexibility index (Phi) is 7.93. The highest BCUT2D eigenvalue weighted by Crippen LogP contribution is 2.28. The van der Waals surface area contributed by atoms with Crippen LogP contribution < -0.4 is 14.8 Å². The Bertz CT molecular complexity index is 887. The lowest BCUT2D eigenvalue weighted by atomic mass is 10.1. The second-order valence-corrected chi connectivity index (χ2v) is 8.30. The van der Waals surface area contributed by atoms with E-state index in [0.29, 0.717) is 41.7 Å². The molecule has 1 saturated heterocycles. The molecule has 31 heavy (non-hydrogen) atoms. The van der Waals surface area contributed by atoms with Crippen molar-refractivity contribution < 1.29 is 19.1 Å². The summed E-state index contributed by atoms with van der Waals surface area (Å²) in [6, 6.07) is 12.6. The number of carbonyl (C=O) groups excluding carboxylic acids is 2. The lowest BCUT2D eigenvalue weighted by molar-refractivity contribution is 0.0724. The number of ether oxygens (including phenoxy) is 2. The fourth-order valence-corrected chi connectivity index (χ4v) is 3.51. The van der Waals surface area contributed by atoms with Gasteiger partial charge in [0.2, 0.25) is 0 Å². The van der Waals surface area contributed by atoms with E-state index in [0.717, 1.165) is 31.5 Å². The Hall–Kier alpha value is -3.02. The van der Waals surface area contributed by atoms with Crippen molar-refractivity contribution in [1.29, 1.82) is 0 Å². The van der Waals surface area contributed by atoms with E-state index in [-0.39, 0.29) is 11.8 Å². The molecule has 0 radical (unpaired) electrons. The van der Waals surface area contributed by atoms with E-state index in [1.807, 2.05) is 29.2 Å². The summed E-state index contributed by atoms with van der Waals surface area (Å²) in [6.07, 6.45) is 3.35. The number of piperidine rings is 1. The Morgan fingerprint density at radius 1 is 0.968 bits per heavy atom. The highest BCUT2D eigenvalue weighted by Gasteiger charge is 2.18. The van der Waals surface area contributed by atoms with Crippen LogP contribution in [0.4, 0.5) is 0 Å². The van der Waals surface area contributed by atoms with Gasteiger partial charge in [0, 0.05) is 30.8 Å². The summed E-state index contributed by atoms with van der Waals surface area (Å²) in [5.74, 6) is 1.45. The molecule has 0 aliphatic carbocycles. The number of nitrogens with one attached hydrogen (secondary N) is 1. The molecule has 2 amide bonds. The number of hydrogen-bond donors (Lipinski definition) is 1. The lowest BCUT2D eigenvalue weighted by Crippen LogP contribution is -2.35. The van der Waals surface area contributed by atoms with Gasteiger partial charge in [-0.15, -0.1) is 0 Å². The molecule has 2 aromatic carbocycles. The molecule has 1 aliphatic heterocycles. The summed E-state index contributed by atoms with van der Waals surface area (Å²) in [5.41, 5.74) is 2.14. The summed E-state index contributed by atoms with van der Waals surface area (Å²) in [7, 11) is 1.56. The molecule has 0 saturated carbocycles. The molecular formula is C25H32N2O4. The molecule has 166 valence electrons. The van der Waals surface area contributed by atoms with Crippen molar-refractivity contribution >= 4 is 11.8 Å². The van der Waals surface area contributed by atoms with Gasteiger partial charge >= 0.3 is 0 Å². The van der Waals surface area contributed by atoms with Crippen LogP contribution in [0.2, 0.25) is 0 Å². The molecule has 0 spiro atoms. The molecule has 3 rings (SSSR count).